The van der Waals surface area contributed by atoms with Crippen molar-refractivity contribution in [3.05, 3.63) is 76.5 Å². The van der Waals surface area contributed by atoms with E-state index in [-0.39, 0.29) is 12.1 Å². The van der Waals surface area contributed by atoms with Crippen molar-refractivity contribution < 1.29 is 4.79 Å². The number of benzene rings is 2. The number of fused-ring (bicyclic) bond motifs is 1. The molecule has 0 bridgehead atoms. The van der Waals surface area contributed by atoms with E-state index in [1.807, 2.05) is 53.6 Å². The Morgan fingerprint density at radius 2 is 2.03 bits per heavy atom. The second kappa shape index (κ2) is 8.08. The number of carbonyl (C=O) groups is 1. The molecular weight excluding hydrogens is 418 g/mol. The second-order valence-corrected chi connectivity index (χ2v) is 8.80. The van der Waals surface area contributed by atoms with Crippen molar-refractivity contribution in [2.24, 2.45) is 0 Å². The fourth-order valence-corrected chi connectivity index (χ4v) is 5.01. The van der Waals surface area contributed by atoms with Crippen LogP contribution in [0.25, 0.3) is 15.9 Å². The van der Waals surface area contributed by atoms with Crippen LogP contribution in [0.15, 0.2) is 60.9 Å². The Kier molecular flexibility index (Phi) is 5.14. The van der Waals surface area contributed by atoms with Gasteiger partial charge in [-0.25, -0.2) is 14.5 Å². The number of urea groups is 1. The third-order valence-corrected chi connectivity index (χ3v) is 6.67. The van der Waals surface area contributed by atoms with Crippen LogP contribution in [-0.4, -0.2) is 32.2 Å². The number of thiazole rings is 1. The smallest absolute Gasteiger partial charge is 0.318 e. The number of amides is 2. The average molecular weight is 438 g/mol. The predicted octanol–water partition coefficient (Wildman–Crippen LogP) is 5.18. The highest BCUT2D eigenvalue weighted by atomic mass is 35.5. The van der Waals surface area contributed by atoms with Crippen molar-refractivity contribution in [3.63, 3.8) is 0 Å². The molecule has 152 valence electrons. The van der Waals surface area contributed by atoms with Gasteiger partial charge < -0.3 is 10.2 Å². The molecule has 1 unspecified atom stereocenters. The van der Waals surface area contributed by atoms with E-state index in [9.17, 15) is 4.79 Å². The monoisotopic (exact) mass is 437 g/mol. The highest BCUT2D eigenvalue weighted by Gasteiger charge is 2.32. The summed E-state index contributed by atoms with van der Waals surface area (Å²) in [6.07, 6.45) is 5.62. The number of nitrogens with zero attached hydrogens (tertiary/aromatic N) is 4. The van der Waals surface area contributed by atoms with Gasteiger partial charge in [-0.15, -0.1) is 11.3 Å². The lowest BCUT2D eigenvalue weighted by Gasteiger charge is -2.23. The van der Waals surface area contributed by atoms with E-state index in [2.05, 4.69) is 16.5 Å². The fourth-order valence-electron chi connectivity index (χ4n) is 3.76. The Hall–Kier alpha value is -2.90. The number of hydrogen-bond donors (Lipinski definition) is 1. The number of carbonyl (C=O) groups excluding carboxylic acids is 1. The molecule has 0 radical (unpaired) electrons. The fraction of sp³-hybridized carbons (Fsp3) is 0.227. The molecule has 1 aliphatic rings. The summed E-state index contributed by atoms with van der Waals surface area (Å²) in [5.74, 6) is 0. The van der Waals surface area contributed by atoms with Gasteiger partial charge in [-0.1, -0.05) is 23.7 Å². The van der Waals surface area contributed by atoms with Crippen molar-refractivity contribution in [1.29, 1.82) is 0 Å². The zero-order chi connectivity index (χ0) is 20.5. The lowest BCUT2D eigenvalue weighted by Crippen LogP contribution is -2.39. The highest BCUT2D eigenvalue weighted by Crippen LogP contribution is 2.36. The van der Waals surface area contributed by atoms with Crippen molar-refractivity contribution in [3.8, 4) is 5.69 Å². The van der Waals surface area contributed by atoms with Crippen molar-refractivity contribution >= 4 is 39.2 Å². The summed E-state index contributed by atoms with van der Waals surface area (Å²) in [5.41, 5.74) is 2.86. The van der Waals surface area contributed by atoms with E-state index in [0.717, 1.165) is 45.9 Å². The Balaban J connectivity index is 1.25. The molecule has 8 heteroatoms. The van der Waals surface area contributed by atoms with Gasteiger partial charge in [-0.05, 0) is 49.2 Å². The Labute approximate surface area is 183 Å². The van der Waals surface area contributed by atoms with Crippen molar-refractivity contribution in [1.82, 2.24) is 25.0 Å². The van der Waals surface area contributed by atoms with Crippen LogP contribution in [0.3, 0.4) is 0 Å². The predicted molar refractivity (Wildman–Crippen MR) is 119 cm³/mol. The lowest BCUT2D eigenvalue weighted by atomic mass is 10.2. The summed E-state index contributed by atoms with van der Waals surface area (Å²) in [5, 5.41) is 9.12. The largest absolute Gasteiger partial charge is 0.334 e. The van der Waals surface area contributed by atoms with E-state index in [1.54, 1.807) is 22.2 Å². The molecule has 30 heavy (non-hydrogen) atoms. The highest BCUT2D eigenvalue weighted by molar-refractivity contribution is 7.18. The molecule has 0 saturated carbocycles. The maximum Gasteiger partial charge on any atom is 0.318 e. The van der Waals surface area contributed by atoms with Crippen LogP contribution in [0, 0.1) is 0 Å². The molecule has 0 spiro atoms. The zero-order valence-corrected chi connectivity index (χ0v) is 17.7. The summed E-state index contributed by atoms with van der Waals surface area (Å²) in [6.45, 7) is 1.17. The number of para-hydroxylation sites is 1. The van der Waals surface area contributed by atoms with Gasteiger partial charge in [0.1, 0.15) is 5.01 Å². The molecule has 4 aromatic rings. The summed E-state index contributed by atoms with van der Waals surface area (Å²) >= 11 is 7.62. The van der Waals surface area contributed by atoms with Gasteiger partial charge >= 0.3 is 6.03 Å². The van der Waals surface area contributed by atoms with Crippen LogP contribution in [-0.2, 0) is 6.54 Å². The Morgan fingerprint density at radius 3 is 2.87 bits per heavy atom. The molecule has 2 aromatic carbocycles. The van der Waals surface area contributed by atoms with Crippen LogP contribution in [0.2, 0.25) is 5.02 Å². The number of hydrogen-bond acceptors (Lipinski definition) is 4. The maximum atomic E-state index is 12.9. The van der Waals surface area contributed by atoms with Gasteiger partial charge in [-0.3, -0.25) is 0 Å². The number of likely N-dealkylation sites (tertiary alicyclic amines) is 1. The molecule has 1 atom stereocenters. The molecule has 5 rings (SSSR count). The minimum absolute atomic E-state index is 0.0409. The molecule has 3 heterocycles. The van der Waals surface area contributed by atoms with Gasteiger partial charge in [0.2, 0.25) is 0 Å². The number of rotatable bonds is 4. The first-order chi connectivity index (χ1) is 14.7. The summed E-state index contributed by atoms with van der Waals surface area (Å²) in [6, 6.07) is 15.6. The van der Waals surface area contributed by atoms with Crippen LogP contribution < -0.4 is 5.32 Å². The van der Waals surface area contributed by atoms with Gasteiger partial charge in [-0.2, -0.15) is 5.10 Å². The normalized spacial score (nSPS) is 16.3. The molecule has 6 nitrogen and oxygen atoms in total. The molecule has 1 saturated heterocycles. The summed E-state index contributed by atoms with van der Waals surface area (Å²) in [4.78, 5) is 19.5. The minimum atomic E-state index is -0.0593. The van der Waals surface area contributed by atoms with Crippen LogP contribution in [0.1, 0.15) is 29.5 Å². The Morgan fingerprint density at radius 1 is 1.20 bits per heavy atom. The number of nitrogens with one attached hydrogen (secondary N) is 1. The molecular formula is C22H20ClN5OS. The third kappa shape index (κ3) is 3.78. The Bertz CT molecular complexity index is 1150. The van der Waals surface area contributed by atoms with Crippen LogP contribution in [0.5, 0.6) is 0 Å². The second-order valence-electron chi connectivity index (χ2n) is 7.30. The van der Waals surface area contributed by atoms with Gasteiger partial charge in [0.15, 0.2) is 0 Å². The molecule has 2 aromatic heterocycles. The quantitative estimate of drug-likeness (QED) is 0.478. The van der Waals surface area contributed by atoms with Gasteiger partial charge in [0.05, 0.1) is 28.1 Å². The molecule has 2 amide bonds. The van der Waals surface area contributed by atoms with Crippen molar-refractivity contribution in [2.45, 2.75) is 25.4 Å². The number of halogens is 1. The molecule has 0 aliphatic carbocycles. The SMILES string of the molecule is O=C(NCc1cnn(-c2ccc(Cl)cc2)c1)N1CCCC1c1nc2ccccc2s1. The first-order valence-electron chi connectivity index (χ1n) is 9.87. The first-order valence-corrected chi connectivity index (χ1v) is 11.1. The van der Waals surface area contributed by atoms with E-state index in [0.29, 0.717) is 11.6 Å². The van der Waals surface area contributed by atoms with E-state index >= 15 is 0 Å². The third-order valence-electron chi connectivity index (χ3n) is 5.28. The van der Waals surface area contributed by atoms with E-state index in [1.165, 1.54) is 0 Å². The standard InChI is InChI=1S/C22H20ClN5OS/c23-16-7-9-17(10-8-16)28-14-15(13-25-28)12-24-22(29)27-11-3-5-19(27)21-26-18-4-1-2-6-20(18)30-21/h1-2,4,6-10,13-14,19H,3,5,11-12H2,(H,24,29). The minimum Gasteiger partial charge on any atom is -0.334 e. The summed E-state index contributed by atoms with van der Waals surface area (Å²) in [7, 11) is 0. The topological polar surface area (TPSA) is 63.1 Å². The van der Waals surface area contributed by atoms with E-state index < -0.39 is 0 Å². The van der Waals surface area contributed by atoms with E-state index in [4.69, 9.17) is 16.6 Å². The number of aromatic nitrogens is 3. The zero-order valence-electron chi connectivity index (χ0n) is 16.2. The summed E-state index contributed by atoms with van der Waals surface area (Å²) < 4.78 is 2.94. The molecule has 1 aliphatic heterocycles. The van der Waals surface area contributed by atoms with Gasteiger partial charge in [0.25, 0.3) is 0 Å². The van der Waals surface area contributed by atoms with Gasteiger partial charge in [0, 0.05) is 29.9 Å². The maximum absolute atomic E-state index is 12.9. The van der Waals surface area contributed by atoms with Crippen LogP contribution >= 0.6 is 22.9 Å². The lowest BCUT2D eigenvalue weighted by molar-refractivity contribution is 0.192. The van der Waals surface area contributed by atoms with Crippen molar-refractivity contribution in [2.75, 3.05) is 6.54 Å². The first kappa shape index (κ1) is 19.1. The average Bonchev–Trinajstić information content (AvgIpc) is 3.51. The van der Waals surface area contributed by atoms with Crippen LogP contribution in [0.4, 0.5) is 4.79 Å². The molecule has 1 fully saturated rings. The molecule has 1 N–H and O–H groups in total.